The first-order chi connectivity index (χ1) is 15.3. The third-order valence-corrected chi connectivity index (χ3v) is 5.34. The van der Waals surface area contributed by atoms with E-state index in [1.165, 1.54) is 37.6 Å². The lowest BCUT2D eigenvalue weighted by Gasteiger charge is -2.39. The average Bonchev–Trinajstić information content (AvgIpc) is 2.80. The molecule has 1 saturated heterocycles. The molecule has 32 heavy (non-hydrogen) atoms. The lowest BCUT2D eigenvalue weighted by molar-refractivity contribution is -0.277. The molecule has 1 aromatic heterocycles. The number of phenolic OH excluding ortho intramolecular Hbond substituents is 1. The lowest BCUT2D eigenvalue weighted by Crippen LogP contribution is -2.60. The van der Waals surface area contributed by atoms with Crippen LogP contribution in [0.25, 0.3) is 22.1 Å². The van der Waals surface area contributed by atoms with Crippen molar-refractivity contribution in [2.45, 2.75) is 30.7 Å². The second kappa shape index (κ2) is 8.77. The van der Waals surface area contributed by atoms with Crippen LogP contribution in [0.15, 0.2) is 51.9 Å². The molecule has 10 heteroatoms. The van der Waals surface area contributed by atoms with Crippen LogP contribution in [-0.2, 0) is 4.74 Å². The van der Waals surface area contributed by atoms with Crippen molar-refractivity contribution in [3.8, 4) is 28.4 Å². The number of aromatic hydroxyl groups is 1. The zero-order valence-electron chi connectivity index (χ0n) is 16.9. The summed E-state index contributed by atoms with van der Waals surface area (Å²) >= 11 is 0. The molecule has 0 aliphatic carbocycles. The molecule has 0 bridgehead atoms. The Balaban J connectivity index is 1.78. The van der Waals surface area contributed by atoms with E-state index in [1.54, 1.807) is 12.1 Å². The van der Waals surface area contributed by atoms with Crippen LogP contribution in [0.3, 0.4) is 0 Å². The molecule has 1 fully saturated rings. The third kappa shape index (κ3) is 3.78. The van der Waals surface area contributed by atoms with Crippen LogP contribution in [-0.4, -0.2) is 70.0 Å². The number of phenols is 1. The van der Waals surface area contributed by atoms with Gasteiger partial charge < -0.3 is 44.2 Å². The zero-order chi connectivity index (χ0) is 23.0. The smallest absolute Gasteiger partial charge is 0.229 e. The maximum absolute atomic E-state index is 13.1. The Bertz CT molecular complexity index is 1150. The SMILES string of the molecule is COc1ccc2c(=O)c(-c3ccc(O)cc3)coc2c1O[C@@H]1O[C@H](CO)[C@@H](O)[C@H](O)[C@H]1O. The number of aliphatic hydroxyl groups excluding tert-OH is 4. The van der Waals surface area contributed by atoms with Gasteiger partial charge in [0.1, 0.15) is 36.4 Å². The summed E-state index contributed by atoms with van der Waals surface area (Å²) in [5.41, 5.74) is 0.416. The molecule has 1 aliphatic rings. The quantitative estimate of drug-likeness (QED) is 0.370. The molecule has 0 saturated carbocycles. The molecule has 1 aliphatic heterocycles. The van der Waals surface area contributed by atoms with Gasteiger partial charge in [-0.15, -0.1) is 0 Å². The second-order valence-electron chi connectivity index (χ2n) is 7.31. The number of rotatable bonds is 5. The largest absolute Gasteiger partial charge is 0.508 e. The summed E-state index contributed by atoms with van der Waals surface area (Å²) in [5, 5.41) is 49.3. The molecule has 170 valence electrons. The Kier molecular flexibility index (Phi) is 6.04. The fraction of sp³-hybridized carbons (Fsp3) is 0.318. The van der Waals surface area contributed by atoms with E-state index in [2.05, 4.69) is 0 Å². The first-order valence-electron chi connectivity index (χ1n) is 9.74. The van der Waals surface area contributed by atoms with Gasteiger partial charge in [0.15, 0.2) is 11.3 Å². The first kappa shape index (κ1) is 22.1. The molecular formula is C22H22O10. The molecule has 0 radical (unpaired) electrons. The van der Waals surface area contributed by atoms with Crippen LogP contribution in [0.1, 0.15) is 0 Å². The van der Waals surface area contributed by atoms with E-state index < -0.39 is 37.3 Å². The summed E-state index contributed by atoms with van der Waals surface area (Å²) in [4.78, 5) is 13.1. The molecule has 2 heterocycles. The summed E-state index contributed by atoms with van der Waals surface area (Å²) in [7, 11) is 1.37. The first-order valence-corrected chi connectivity index (χ1v) is 9.74. The van der Waals surface area contributed by atoms with Crippen LogP contribution in [0.4, 0.5) is 0 Å². The highest BCUT2D eigenvalue weighted by Crippen LogP contribution is 2.38. The van der Waals surface area contributed by atoms with Gasteiger partial charge in [-0.1, -0.05) is 12.1 Å². The number of ether oxygens (including phenoxy) is 3. The summed E-state index contributed by atoms with van der Waals surface area (Å²) in [6.07, 6.45) is -6.28. The van der Waals surface area contributed by atoms with Crippen molar-refractivity contribution < 1.29 is 44.2 Å². The van der Waals surface area contributed by atoms with Gasteiger partial charge >= 0.3 is 0 Å². The standard InChI is InChI=1S/C22H22O10/c1-29-14-7-6-12-16(25)13(10-2-4-11(24)5-3-10)9-30-20(12)21(14)32-22-19(28)18(27)17(26)15(8-23)31-22/h2-7,9,15,17-19,22-24,26-28H,8H2,1H3/t15-,17-,18+,19-,22+/m1/s1. The van der Waals surface area contributed by atoms with Gasteiger partial charge in [-0.3, -0.25) is 4.79 Å². The lowest BCUT2D eigenvalue weighted by atomic mass is 9.99. The van der Waals surface area contributed by atoms with Crippen LogP contribution < -0.4 is 14.9 Å². The van der Waals surface area contributed by atoms with E-state index in [4.69, 9.17) is 18.6 Å². The predicted molar refractivity (Wildman–Crippen MR) is 111 cm³/mol. The van der Waals surface area contributed by atoms with Gasteiger partial charge in [-0.05, 0) is 29.8 Å². The molecule has 3 aromatic rings. The molecule has 4 rings (SSSR count). The molecule has 5 N–H and O–H groups in total. The molecular weight excluding hydrogens is 424 g/mol. The van der Waals surface area contributed by atoms with Crippen LogP contribution in [0, 0.1) is 0 Å². The van der Waals surface area contributed by atoms with E-state index in [-0.39, 0.29) is 39.2 Å². The maximum atomic E-state index is 13.1. The van der Waals surface area contributed by atoms with Gasteiger partial charge in [-0.2, -0.15) is 0 Å². The second-order valence-corrected chi connectivity index (χ2v) is 7.31. The van der Waals surface area contributed by atoms with Crippen LogP contribution >= 0.6 is 0 Å². The minimum Gasteiger partial charge on any atom is -0.508 e. The number of fused-ring (bicyclic) bond motifs is 1. The Labute approximate surface area is 181 Å². The van der Waals surface area contributed by atoms with Gasteiger partial charge in [0.25, 0.3) is 0 Å². The van der Waals surface area contributed by atoms with E-state index >= 15 is 0 Å². The average molecular weight is 446 g/mol. The van der Waals surface area contributed by atoms with Gasteiger partial charge in [-0.25, -0.2) is 0 Å². The molecule has 0 unspecified atom stereocenters. The van der Waals surface area contributed by atoms with Crippen molar-refractivity contribution in [1.29, 1.82) is 0 Å². The fourth-order valence-electron chi connectivity index (χ4n) is 3.55. The number of hydrogen-bond donors (Lipinski definition) is 5. The molecule has 5 atom stereocenters. The van der Waals surface area contributed by atoms with E-state index in [9.17, 15) is 30.3 Å². The number of methoxy groups -OCH3 is 1. The molecule has 10 nitrogen and oxygen atoms in total. The van der Waals surface area contributed by atoms with Gasteiger partial charge in [0.05, 0.1) is 24.7 Å². The van der Waals surface area contributed by atoms with Gasteiger partial charge in [0.2, 0.25) is 17.5 Å². The maximum Gasteiger partial charge on any atom is 0.229 e. The van der Waals surface area contributed by atoms with Crippen molar-refractivity contribution in [1.82, 2.24) is 0 Å². The topological polar surface area (TPSA) is 159 Å². The molecule has 0 spiro atoms. The summed E-state index contributed by atoms with van der Waals surface area (Å²) in [6.45, 7) is -0.622. The monoisotopic (exact) mass is 446 g/mol. The van der Waals surface area contributed by atoms with Crippen molar-refractivity contribution >= 4 is 11.0 Å². The summed E-state index contributed by atoms with van der Waals surface area (Å²) in [5.74, 6) is 0.151. The Morgan fingerprint density at radius 3 is 2.38 bits per heavy atom. The van der Waals surface area contributed by atoms with Crippen molar-refractivity contribution in [2.75, 3.05) is 13.7 Å². The zero-order valence-corrected chi connectivity index (χ0v) is 16.9. The van der Waals surface area contributed by atoms with Crippen molar-refractivity contribution in [3.05, 3.63) is 52.9 Å². The number of hydrogen-bond acceptors (Lipinski definition) is 10. The Hall–Kier alpha value is -3.15. The Morgan fingerprint density at radius 2 is 1.72 bits per heavy atom. The third-order valence-electron chi connectivity index (χ3n) is 5.34. The number of aliphatic hydroxyl groups is 4. The highest BCUT2D eigenvalue weighted by molar-refractivity contribution is 5.88. The summed E-state index contributed by atoms with van der Waals surface area (Å²) in [6, 6.07) is 9.00. The highest BCUT2D eigenvalue weighted by atomic mass is 16.7. The van der Waals surface area contributed by atoms with E-state index in [0.29, 0.717) is 5.56 Å². The molecule has 0 amide bonds. The minimum atomic E-state index is -1.66. The van der Waals surface area contributed by atoms with Crippen molar-refractivity contribution in [3.63, 3.8) is 0 Å². The fourth-order valence-corrected chi connectivity index (χ4v) is 3.55. The molecule has 2 aromatic carbocycles. The van der Waals surface area contributed by atoms with Crippen LogP contribution in [0.5, 0.6) is 17.2 Å². The normalized spacial score (nSPS) is 25.6. The van der Waals surface area contributed by atoms with E-state index in [0.717, 1.165) is 0 Å². The Morgan fingerprint density at radius 1 is 1.00 bits per heavy atom. The summed E-state index contributed by atoms with van der Waals surface area (Å²) < 4.78 is 22.1. The van der Waals surface area contributed by atoms with E-state index in [1.807, 2.05) is 0 Å². The van der Waals surface area contributed by atoms with Crippen LogP contribution in [0.2, 0.25) is 0 Å². The van der Waals surface area contributed by atoms with Crippen molar-refractivity contribution in [2.24, 2.45) is 0 Å². The predicted octanol–water partition coefficient (Wildman–Crippen LogP) is 0.353. The number of benzene rings is 2. The minimum absolute atomic E-state index is 0.00818. The van der Waals surface area contributed by atoms with Gasteiger partial charge in [0, 0.05) is 0 Å². The highest BCUT2D eigenvalue weighted by Gasteiger charge is 2.45.